The first-order valence-electron chi connectivity index (χ1n) is 11.6. The van der Waals surface area contributed by atoms with E-state index in [0.29, 0.717) is 47.4 Å². The molecule has 176 valence electrons. The molecule has 4 aromatic rings. The Kier molecular flexibility index (Phi) is 4.60. The number of aromatic nitrogens is 1. The van der Waals surface area contributed by atoms with Gasteiger partial charge in [-0.2, -0.15) is 5.26 Å². The molecule has 2 N–H and O–H groups in total. The van der Waals surface area contributed by atoms with Crippen LogP contribution < -0.4 is 4.74 Å². The maximum Gasteiger partial charge on any atom is 0.205 e. The Bertz CT molecular complexity index is 1540. The second kappa shape index (κ2) is 7.49. The number of benzene rings is 3. The number of halogens is 1. The average molecular weight is 471 g/mol. The Morgan fingerprint density at radius 2 is 1.80 bits per heavy atom. The Labute approximate surface area is 201 Å². The molecule has 0 aliphatic carbocycles. The predicted octanol–water partition coefficient (Wildman–Crippen LogP) is 5.76. The van der Waals surface area contributed by atoms with Gasteiger partial charge in [0.25, 0.3) is 0 Å². The minimum absolute atomic E-state index is 0.0671. The maximum absolute atomic E-state index is 13.5. The third-order valence-electron chi connectivity index (χ3n) is 7.36. The van der Waals surface area contributed by atoms with Crippen molar-refractivity contribution in [3.63, 3.8) is 0 Å². The highest BCUT2D eigenvalue weighted by Crippen LogP contribution is 2.65. The van der Waals surface area contributed by atoms with Gasteiger partial charge in [0, 0.05) is 23.3 Å². The largest absolute Gasteiger partial charge is 0.494 e. The number of ether oxygens (including phenoxy) is 2. The molecule has 0 radical (unpaired) electrons. The molecule has 0 spiro atoms. The summed E-state index contributed by atoms with van der Waals surface area (Å²) in [5.41, 5.74) is 0.679. The fraction of sp³-hybridized carbons (Fsp3) is 0.250. The van der Waals surface area contributed by atoms with E-state index in [1.807, 2.05) is 31.2 Å². The first kappa shape index (κ1) is 21.5. The van der Waals surface area contributed by atoms with Gasteiger partial charge < -0.3 is 19.7 Å². The summed E-state index contributed by atoms with van der Waals surface area (Å²) in [6, 6.07) is 19.0. The van der Waals surface area contributed by atoms with Crippen LogP contribution in [0.15, 0.2) is 60.7 Å². The van der Waals surface area contributed by atoms with Crippen LogP contribution in [0.2, 0.25) is 0 Å². The summed E-state index contributed by atoms with van der Waals surface area (Å²) in [6.45, 7) is 2.18. The van der Waals surface area contributed by atoms with Crippen LogP contribution in [0.25, 0.3) is 16.5 Å². The zero-order valence-corrected chi connectivity index (χ0v) is 19.1. The first-order valence-corrected chi connectivity index (χ1v) is 11.6. The Morgan fingerprint density at radius 3 is 2.57 bits per heavy atom. The van der Waals surface area contributed by atoms with Gasteiger partial charge in [-0.3, -0.25) is 4.57 Å². The van der Waals surface area contributed by atoms with Gasteiger partial charge in [-0.25, -0.2) is 4.39 Å². The fourth-order valence-corrected chi connectivity index (χ4v) is 5.80. The summed E-state index contributed by atoms with van der Waals surface area (Å²) >= 11 is 0. The van der Waals surface area contributed by atoms with E-state index in [9.17, 15) is 19.9 Å². The van der Waals surface area contributed by atoms with Crippen LogP contribution in [0.1, 0.15) is 42.9 Å². The molecule has 0 saturated carbocycles. The van der Waals surface area contributed by atoms with Gasteiger partial charge >= 0.3 is 0 Å². The second-order valence-electron chi connectivity index (χ2n) is 9.41. The molecule has 1 aromatic heterocycles. The van der Waals surface area contributed by atoms with Crippen LogP contribution in [0.3, 0.4) is 0 Å². The number of fused-ring (bicyclic) bond motifs is 6. The van der Waals surface area contributed by atoms with E-state index < -0.39 is 11.2 Å². The van der Waals surface area contributed by atoms with Crippen molar-refractivity contribution in [2.45, 2.75) is 37.4 Å². The molecule has 1 saturated heterocycles. The Balaban J connectivity index is 1.44. The van der Waals surface area contributed by atoms with Crippen molar-refractivity contribution < 1.29 is 24.1 Å². The number of rotatable bonds is 5. The van der Waals surface area contributed by atoms with Crippen molar-refractivity contribution in [1.29, 1.82) is 5.26 Å². The van der Waals surface area contributed by atoms with Crippen LogP contribution >= 0.6 is 0 Å². The quantitative estimate of drug-likeness (QED) is 0.387. The Morgan fingerprint density at radius 1 is 1.03 bits per heavy atom. The highest BCUT2D eigenvalue weighted by atomic mass is 19.1. The van der Waals surface area contributed by atoms with E-state index in [1.54, 1.807) is 24.3 Å². The van der Waals surface area contributed by atoms with E-state index in [1.165, 1.54) is 16.7 Å². The predicted molar refractivity (Wildman–Crippen MR) is 127 cm³/mol. The van der Waals surface area contributed by atoms with Gasteiger partial charge in [-0.15, -0.1) is 0 Å². The Hall–Kier alpha value is -4.02. The van der Waals surface area contributed by atoms with Gasteiger partial charge in [0.1, 0.15) is 17.2 Å². The molecule has 7 heteroatoms. The van der Waals surface area contributed by atoms with Crippen LogP contribution in [-0.4, -0.2) is 21.4 Å². The normalized spacial score (nSPS) is 22.3. The molecular formula is C28H23FN2O4. The van der Waals surface area contributed by atoms with E-state index >= 15 is 0 Å². The van der Waals surface area contributed by atoms with Crippen LogP contribution in [-0.2, 0) is 15.9 Å². The number of nitrogens with zero attached hydrogens (tertiary/aromatic N) is 2. The lowest BCUT2D eigenvalue weighted by molar-refractivity contribution is -0.0876. The zero-order chi connectivity index (χ0) is 24.4. The fourth-order valence-electron chi connectivity index (χ4n) is 5.80. The SMILES string of the molecule is C[C@]12CC[C@](CCOc3cccc(F)c3)(O1)c1c2c(O)n(-c2ccc(C#N)c3ccccc23)c1O. The van der Waals surface area contributed by atoms with Crippen molar-refractivity contribution in [3.05, 3.63) is 83.2 Å². The molecule has 2 atom stereocenters. The van der Waals surface area contributed by atoms with Crippen molar-refractivity contribution in [2.24, 2.45) is 0 Å². The summed E-state index contributed by atoms with van der Waals surface area (Å²) in [4.78, 5) is 0. The van der Waals surface area contributed by atoms with E-state index in [2.05, 4.69) is 6.07 Å². The van der Waals surface area contributed by atoms with Crippen molar-refractivity contribution in [2.75, 3.05) is 6.61 Å². The second-order valence-corrected chi connectivity index (χ2v) is 9.41. The van der Waals surface area contributed by atoms with Crippen LogP contribution in [0.4, 0.5) is 4.39 Å². The van der Waals surface area contributed by atoms with Crippen molar-refractivity contribution in [3.8, 4) is 29.3 Å². The highest BCUT2D eigenvalue weighted by Gasteiger charge is 2.61. The standard InChI is InChI=1S/C28H23FN2O4/c1-27-11-12-28(35-27,13-14-34-19-6-4-5-18(29)15-19)24-23(27)25(32)31(26(24)33)22-10-9-17(16-30)20-7-2-3-8-21(20)22/h2-10,15,32-33H,11-14H2,1H3/t27-,28-/m1/s1. The van der Waals surface area contributed by atoms with Gasteiger partial charge in [-0.1, -0.05) is 30.3 Å². The monoisotopic (exact) mass is 470 g/mol. The number of nitriles is 1. The summed E-state index contributed by atoms with van der Waals surface area (Å²) in [5.74, 6) is -0.0964. The summed E-state index contributed by atoms with van der Waals surface area (Å²) in [6.07, 6.45) is 1.77. The van der Waals surface area contributed by atoms with E-state index in [-0.39, 0.29) is 24.2 Å². The number of hydrogen-bond donors (Lipinski definition) is 2. The number of aromatic hydroxyl groups is 2. The summed E-state index contributed by atoms with van der Waals surface area (Å²) < 4.78 is 27.2. The minimum Gasteiger partial charge on any atom is -0.494 e. The third kappa shape index (κ3) is 3.03. The average Bonchev–Trinajstić information content (AvgIpc) is 3.43. The maximum atomic E-state index is 13.5. The molecule has 3 heterocycles. The summed E-state index contributed by atoms with van der Waals surface area (Å²) in [5, 5.41) is 33.9. The molecule has 2 aliphatic heterocycles. The van der Waals surface area contributed by atoms with E-state index in [4.69, 9.17) is 9.47 Å². The number of hydrogen-bond acceptors (Lipinski definition) is 5. The molecule has 0 unspecified atom stereocenters. The first-order chi connectivity index (χ1) is 16.9. The van der Waals surface area contributed by atoms with Crippen LogP contribution in [0.5, 0.6) is 17.5 Å². The molecule has 0 amide bonds. The minimum atomic E-state index is -0.827. The summed E-state index contributed by atoms with van der Waals surface area (Å²) in [7, 11) is 0. The molecule has 6 nitrogen and oxygen atoms in total. The molecule has 2 bridgehead atoms. The van der Waals surface area contributed by atoms with E-state index in [0.717, 1.165) is 10.8 Å². The zero-order valence-electron chi connectivity index (χ0n) is 19.1. The molecule has 2 aliphatic rings. The highest BCUT2D eigenvalue weighted by molar-refractivity contribution is 5.95. The van der Waals surface area contributed by atoms with Crippen LogP contribution in [0, 0.1) is 17.1 Å². The smallest absolute Gasteiger partial charge is 0.205 e. The lowest BCUT2D eigenvalue weighted by Gasteiger charge is -2.26. The third-order valence-corrected chi connectivity index (χ3v) is 7.36. The van der Waals surface area contributed by atoms with Gasteiger partial charge in [-0.05, 0) is 44.0 Å². The van der Waals surface area contributed by atoms with Crippen molar-refractivity contribution >= 4 is 10.8 Å². The lowest BCUT2D eigenvalue weighted by Crippen LogP contribution is -2.25. The molecule has 35 heavy (non-hydrogen) atoms. The molecule has 3 aromatic carbocycles. The molecule has 6 rings (SSSR count). The van der Waals surface area contributed by atoms with Gasteiger partial charge in [0.15, 0.2) is 0 Å². The van der Waals surface area contributed by atoms with Gasteiger partial charge in [0.05, 0.1) is 40.7 Å². The molecular weight excluding hydrogens is 447 g/mol. The molecule has 1 fully saturated rings. The van der Waals surface area contributed by atoms with Gasteiger partial charge in [0.2, 0.25) is 11.8 Å². The lowest BCUT2D eigenvalue weighted by atomic mass is 9.78. The topological polar surface area (TPSA) is 87.6 Å². The van der Waals surface area contributed by atoms with Crippen molar-refractivity contribution in [1.82, 2.24) is 4.57 Å².